The van der Waals surface area contributed by atoms with Gasteiger partial charge in [-0.05, 0) is 26.3 Å². The van der Waals surface area contributed by atoms with Gasteiger partial charge < -0.3 is 5.32 Å². The number of nitrogens with one attached hydrogen (secondary N) is 1. The van der Waals surface area contributed by atoms with E-state index in [-0.39, 0.29) is 0 Å². The Kier molecular flexibility index (Phi) is 7.76. The summed E-state index contributed by atoms with van der Waals surface area (Å²) in [6.07, 6.45) is -2.35. The fourth-order valence-electron chi connectivity index (χ4n) is 1.45. The highest BCUT2D eigenvalue weighted by molar-refractivity contribution is 4.66. The molecule has 0 bridgehead atoms. The second-order valence-corrected chi connectivity index (χ2v) is 4.15. The lowest BCUT2D eigenvalue weighted by molar-refractivity contribution is -0.145. The summed E-state index contributed by atoms with van der Waals surface area (Å²) in [6, 6.07) is 0.370. The van der Waals surface area contributed by atoms with Crippen molar-refractivity contribution in [3.8, 4) is 0 Å². The first-order valence-electron chi connectivity index (χ1n) is 5.91. The van der Waals surface area contributed by atoms with Crippen LogP contribution >= 0.6 is 0 Å². The van der Waals surface area contributed by atoms with Gasteiger partial charge in [0.15, 0.2) is 0 Å². The van der Waals surface area contributed by atoms with Gasteiger partial charge in [-0.25, -0.2) is 0 Å². The first-order valence-corrected chi connectivity index (χ1v) is 5.91. The summed E-state index contributed by atoms with van der Waals surface area (Å²) in [7, 11) is 0. The zero-order chi connectivity index (χ0) is 12.6. The molecule has 0 amide bonds. The molecule has 0 aromatic heterocycles. The van der Waals surface area contributed by atoms with E-state index in [2.05, 4.69) is 12.2 Å². The Labute approximate surface area is 96.2 Å². The SMILES string of the molecule is CCCN(CCNC(C)CC)CC(F)(F)F. The van der Waals surface area contributed by atoms with Crippen LogP contribution < -0.4 is 5.32 Å². The highest BCUT2D eigenvalue weighted by Crippen LogP contribution is 2.16. The number of hydrogen-bond acceptors (Lipinski definition) is 2. The predicted molar refractivity (Wildman–Crippen MR) is 60.5 cm³/mol. The van der Waals surface area contributed by atoms with Crippen molar-refractivity contribution in [1.82, 2.24) is 10.2 Å². The van der Waals surface area contributed by atoms with E-state index in [9.17, 15) is 13.2 Å². The van der Waals surface area contributed by atoms with Gasteiger partial charge in [-0.3, -0.25) is 4.90 Å². The number of halogens is 3. The molecule has 1 atom stereocenters. The van der Waals surface area contributed by atoms with Crippen molar-refractivity contribution >= 4 is 0 Å². The molecule has 98 valence electrons. The van der Waals surface area contributed by atoms with Crippen LogP contribution in [0.1, 0.15) is 33.6 Å². The lowest BCUT2D eigenvalue weighted by Gasteiger charge is -2.24. The van der Waals surface area contributed by atoms with E-state index in [0.29, 0.717) is 25.7 Å². The van der Waals surface area contributed by atoms with Gasteiger partial charge in [0.2, 0.25) is 0 Å². The molecule has 0 fully saturated rings. The minimum atomic E-state index is -4.09. The van der Waals surface area contributed by atoms with E-state index in [0.717, 1.165) is 12.8 Å². The van der Waals surface area contributed by atoms with Crippen LogP contribution in [0.3, 0.4) is 0 Å². The van der Waals surface area contributed by atoms with E-state index in [1.54, 1.807) is 0 Å². The molecule has 0 saturated heterocycles. The molecule has 0 aromatic rings. The average molecular weight is 240 g/mol. The minimum absolute atomic E-state index is 0.370. The fraction of sp³-hybridized carbons (Fsp3) is 1.00. The van der Waals surface area contributed by atoms with Crippen LogP contribution in [0.15, 0.2) is 0 Å². The van der Waals surface area contributed by atoms with Crippen molar-refractivity contribution in [3.63, 3.8) is 0 Å². The van der Waals surface area contributed by atoms with Gasteiger partial charge in [-0.2, -0.15) is 13.2 Å². The minimum Gasteiger partial charge on any atom is -0.313 e. The molecular weight excluding hydrogens is 217 g/mol. The Hall–Kier alpha value is -0.290. The van der Waals surface area contributed by atoms with Gasteiger partial charge in [-0.1, -0.05) is 13.8 Å². The molecule has 0 saturated carbocycles. The highest BCUT2D eigenvalue weighted by atomic mass is 19.4. The van der Waals surface area contributed by atoms with Gasteiger partial charge in [0.1, 0.15) is 0 Å². The maximum atomic E-state index is 12.2. The molecule has 2 nitrogen and oxygen atoms in total. The molecule has 1 unspecified atom stereocenters. The largest absolute Gasteiger partial charge is 0.401 e. The van der Waals surface area contributed by atoms with Crippen LogP contribution in [0.25, 0.3) is 0 Å². The van der Waals surface area contributed by atoms with Crippen LogP contribution in [-0.2, 0) is 0 Å². The predicted octanol–water partition coefficient (Wildman–Crippen LogP) is 2.65. The Morgan fingerprint density at radius 1 is 1.19 bits per heavy atom. The highest BCUT2D eigenvalue weighted by Gasteiger charge is 2.29. The van der Waals surface area contributed by atoms with E-state index in [1.165, 1.54) is 4.90 Å². The van der Waals surface area contributed by atoms with Gasteiger partial charge in [0, 0.05) is 19.1 Å². The number of nitrogens with zero attached hydrogens (tertiary/aromatic N) is 1. The van der Waals surface area contributed by atoms with Crippen LogP contribution in [0, 0.1) is 0 Å². The first kappa shape index (κ1) is 15.7. The zero-order valence-corrected chi connectivity index (χ0v) is 10.4. The second-order valence-electron chi connectivity index (χ2n) is 4.15. The summed E-state index contributed by atoms with van der Waals surface area (Å²) in [5.41, 5.74) is 0. The Bertz CT molecular complexity index is 171. The molecule has 0 radical (unpaired) electrons. The summed E-state index contributed by atoms with van der Waals surface area (Å²) in [5, 5.41) is 3.20. The zero-order valence-electron chi connectivity index (χ0n) is 10.4. The Morgan fingerprint density at radius 3 is 2.25 bits per heavy atom. The maximum Gasteiger partial charge on any atom is 0.401 e. The van der Waals surface area contributed by atoms with Crippen LogP contribution in [-0.4, -0.2) is 43.3 Å². The molecule has 0 heterocycles. The summed E-state index contributed by atoms with van der Waals surface area (Å²) in [5.74, 6) is 0. The standard InChI is InChI=1S/C11H23F3N2/c1-4-7-16(9-11(12,13)14)8-6-15-10(3)5-2/h10,15H,4-9H2,1-3H3. The number of alkyl halides is 3. The third-order valence-electron chi connectivity index (χ3n) is 2.48. The average Bonchev–Trinajstić information content (AvgIpc) is 2.15. The van der Waals surface area contributed by atoms with Crippen LogP contribution in [0.2, 0.25) is 0 Å². The Morgan fingerprint density at radius 2 is 1.81 bits per heavy atom. The molecule has 0 rings (SSSR count). The first-order chi connectivity index (χ1) is 7.39. The molecule has 0 spiro atoms. The van der Waals surface area contributed by atoms with E-state index >= 15 is 0 Å². The van der Waals surface area contributed by atoms with Gasteiger partial charge in [0.25, 0.3) is 0 Å². The maximum absolute atomic E-state index is 12.2. The van der Waals surface area contributed by atoms with Crippen LogP contribution in [0.4, 0.5) is 13.2 Å². The van der Waals surface area contributed by atoms with Gasteiger partial charge in [0.05, 0.1) is 6.54 Å². The smallest absolute Gasteiger partial charge is 0.313 e. The molecule has 16 heavy (non-hydrogen) atoms. The normalized spacial score (nSPS) is 14.4. The Balaban J connectivity index is 3.85. The topological polar surface area (TPSA) is 15.3 Å². The molecule has 0 aliphatic carbocycles. The lowest BCUT2D eigenvalue weighted by Crippen LogP contribution is -2.40. The van der Waals surface area contributed by atoms with E-state index < -0.39 is 12.7 Å². The fourth-order valence-corrected chi connectivity index (χ4v) is 1.45. The third-order valence-corrected chi connectivity index (χ3v) is 2.48. The van der Waals surface area contributed by atoms with Crippen molar-refractivity contribution in [2.45, 2.75) is 45.8 Å². The van der Waals surface area contributed by atoms with Crippen molar-refractivity contribution in [2.75, 3.05) is 26.2 Å². The van der Waals surface area contributed by atoms with Crippen molar-refractivity contribution in [3.05, 3.63) is 0 Å². The summed E-state index contributed by atoms with van der Waals surface area (Å²) in [4.78, 5) is 1.45. The van der Waals surface area contributed by atoms with Gasteiger partial charge in [-0.15, -0.1) is 0 Å². The quantitative estimate of drug-likeness (QED) is 0.701. The monoisotopic (exact) mass is 240 g/mol. The molecule has 1 N–H and O–H groups in total. The van der Waals surface area contributed by atoms with Gasteiger partial charge >= 0.3 is 6.18 Å². The lowest BCUT2D eigenvalue weighted by atomic mass is 10.2. The summed E-state index contributed by atoms with van der Waals surface area (Å²) < 4.78 is 36.7. The molecule has 0 aromatic carbocycles. The number of hydrogen-bond donors (Lipinski definition) is 1. The number of rotatable bonds is 8. The van der Waals surface area contributed by atoms with Crippen molar-refractivity contribution < 1.29 is 13.2 Å². The van der Waals surface area contributed by atoms with Crippen molar-refractivity contribution in [2.24, 2.45) is 0 Å². The second kappa shape index (κ2) is 7.90. The van der Waals surface area contributed by atoms with Crippen molar-refractivity contribution in [1.29, 1.82) is 0 Å². The molecule has 0 aliphatic rings. The van der Waals surface area contributed by atoms with Crippen LogP contribution in [0.5, 0.6) is 0 Å². The molecule has 0 aliphatic heterocycles. The van der Waals surface area contributed by atoms with E-state index in [1.807, 2.05) is 13.8 Å². The molecular formula is C11H23F3N2. The van der Waals surface area contributed by atoms with E-state index in [4.69, 9.17) is 0 Å². The summed E-state index contributed by atoms with van der Waals surface area (Å²) in [6.45, 7) is 6.75. The molecule has 5 heteroatoms. The third kappa shape index (κ3) is 8.97. The summed E-state index contributed by atoms with van der Waals surface area (Å²) >= 11 is 0.